The zero-order valence-corrected chi connectivity index (χ0v) is 14.0. The van der Waals surface area contributed by atoms with Crippen LogP contribution in [0.4, 0.5) is 0 Å². The quantitative estimate of drug-likeness (QED) is 0.866. The van der Waals surface area contributed by atoms with Crippen molar-refractivity contribution >= 4 is 5.91 Å². The average Bonchev–Trinajstić information content (AvgIpc) is 3.16. The molecular formula is C17H24N4O2. The molecule has 1 saturated heterocycles. The van der Waals surface area contributed by atoms with E-state index in [1.54, 1.807) is 6.26 Å². The van der Waals surface area contributed by atoms with Gasteiger partial charge in [0.05, 0.1) is 18.5 Å². The van der Waals surface area contributed by atoms with Crippen LogP contribution in [0.5, 0.6) is 0 Å². The second kappa shape index (κ2) is 6.58. The van der Waals surface area contributed by atoms with Crippen molar-refractivity contribution in [2.24, 2.45) is 0 Å². The Balaban J connectivity index is 1.56. The van der Waals surface area contributed by atoms with Gasteiger partial charge in [-0.25, -0.2) is 0 Å². The number of aryl methyl sites for hydroxylation is 2. The van der Waals surface area contributed by atoms with E-state index in [-0.39, 0.29) is 11.9 Å². The van der Waals surface area contributed by atoms with Gasteiger partial charge in [0.1, 0.15) is 11.8 Å². The van der Waals surface area contributed by atoms with Gasteiger partial charge >= 0.3 is 0 Å². The SMILES string of the molecule is Cc1cc(C)n([C@@H](C)C(=O)N2CCN(Cc3ccco3)CC2)n1. The highest BCUT2D eigenvalue weighted by Crippen LogP contribution is 2.16. The fourth-order valence-electron chi connectivity index (χ4n) is 3.16. The molecule has 23 heavy (non-hydrogen) atoms. The second-order valence-corrected chi connectivity index (χ2v) is 6.23. The van der Waals surface area contributed by atoms with E-state index >= 15 is 0 Å². The lowest BCUT2D eigenvalue weighted by atomic mass is 10.2. The highest BCUT2D eigenvalue weighted by atomic mass is 16.3. The zero-order valence-electron chi connectivity index (χ0n) is 14.0. The number of aromatic nitrogens is 2. The molecule has 0 saturated carbocycles. The van der Waals surface area contributed by atoms with Crippen molar-refractivity contribution in [2.75, 3.05) is 26.2 Å². The van der Waals surface area contributed by atoms with Gasteiger partial charge in [-0.1, -0.05) is 0 Å². The summed E-state index contributed by atoms with van der Waals surface area (Å²) in [5.41, 5.74) is 1.98. The van der Waals surface area contributed by atoms with Crippen molar-refractivity contribution in [1.82, 2.24) is 19.6 Å². The van der Waals surface area contributed by atoms with Crippen LogP contribution in [-0.4, -0.2) is 51.7 Å². The van der Waals surface area contributed by atoms with E-state index in [1.807, 2.05) is 48.6 Å². The van der Waals surface area contributed by atoms with E-state index in [4.69, 9.17) is 4.42 Å². The van der Waals surface area contributed by atoms with Crippen molar-refractivity contribution in [3.05, 3.63) is 41.6 Å². The molecule has 0 N–H and O–H groups in total. The Kier molecular flexibility index (Phi) is 4.52. The Morgan fingerprint density at radius 2 is 2.04 bits per heavy atom. The van der Waals surface area contributed by atoms with Gasteiger partial charge in [-0.15, -0.1) is 0 Å². The summed E-state index contributed by atoms with van der Waals surface area (Å²) in [7, 11) is 0. The third-order valence-corrected chi connectivity index (χ3v) is 4.41. The molecule has 0 unspecified atom stereocenters. The lowest BCUT2D eigenvalue weighted by Crippen LogP contribution is -2.50. The molecule has 1 aliphatic heterocycles. The fourth-order valence-corrected chi connectivity index (χ4v) is 3.16. The number of carbonyl (C=O) groups is 1. The molecule has 1 aliphatic rings. The molecule has 1 amide bonds. The molecule has 2 aromatic rings. The molecule has 6 nitrogen and oxygen atoms in total. The Morgan fingerprint density at radius 1 is 1.30 bits per heavy atom. The molecule has 1 atom stereocenters. The second-order valence-electron chi connectivity index (χ2n) is 6.23. The monoisotopic (exact) mass is 316 g/mol. The molecule has 3 rings (SSSR count). The van der Waals surface area contributed by atoms with E-state index < -0.39 is 0 Å². The van der Waals surface area contributed by atoms with Crippen molar-refractivity contribution in [3.8, 4) is 0 Å². The number of hydrogen-bond acceptors (Lipinski definition) is 4. The van der Waals surface area contributed by atoms with E-state index in [9.17, 15) is 4.79 Å². The maximum Gasteiger partial charge on any atom is 0.247 e. The fraction of sp³-hybridized carbons (Fsp3) is 0.529. The molecule has 0 aromatic carbocycles. The van der Waals surface area contributed by atoms with Gasteiger partial charge < -0.3 is 9.32 Å². The molecular weight excluding hydrogens is 292 g/mol. The molecule has 0 bridgehead atoms. The van der Waals surface area contributed by atoms with E-state index in [0.717, 1.165) is 49.9 Å². The summed E-state index contributed by atoms with van der Waals surface area (Å²) in [6, 6.07) is 5.65. The predicted molar refractivity (Wildman–Crippen MR) is 87.0 cm³/mol. The first-order chi connectivity index (χ1) is 11.0. The summed E-state index contributed by atoms with van der Waals surface area (Å²) in [4.78, 5) is 17.0. The lowest BCUT2D eigenvalue weighted by molar-refractivity contribution is -0.136. The van der Waals surface area contributed by atoms with Crippen LogP contribution in [-0.2, 0) is 11.3 Å². The van der Waals surface area contributed by atoms with Crippen LogP contribution in [0.2, 0.25) is 0 Å². The molecule has 3 heterocycles. The van der Waals surface area contributed by atoms with Gasteiger partial charge in [-0.05, 0) is 39.0 Å². The molecule has 1 fully saturated rings. The van der Waals surface area contributed by atoms with Crippen LogP contribution in [0.3, 0.4) is 0 Å². The minimum Gasteiger partial charge on any atom is -0.468 e. The van der Waals surface area contributed by atoms with Gasteiger partial charge in [0.2, 0.25) is 5.91 Å². The first-order valence-corrected chi connectivity index (χ1v) is 8.11. The standard InChI is InChI=1S/C17H24N4O2/c1-13-11-14(2)21(18-13)15(3)17(22)20-8-6-19(7-9-20)12-16-5-4-10-23-16/h4-5,10-11,15H,6-9,12H2,1-3H3/t15-/m0/s1. The summed E-state index contributed by atoms with van der Waals surface area (Å²) in [6.45, 7) is 9.93. The number of hydrogen-bond donors (Lipinski definition) is 0. The van der Waals surface area contributed by atoms with Crippen LogP contribution >= 0.6 is 0 Å². The molecule has 6 heteroatoms. The van der Waals surface area contributed by atoms with Gasteiger partial charge in [0.15, 0.2) is 0 Å². The third-order valence-electron chi connectivity index (χ3n) is 4.41. The molecule has 124 valence electrons. The number of carbonyl (C=O) groups excluding carboxylic acids is 1. The van der Waals surface area contributed by atoms with Gasteiger partial charge in [-0.3, -0.25) is 14.4 Å². The van der Waals surface area contributed by atoms with E-state index in [1.165, 1.54) is 0 Å². The highest BCUT2D eigenvalue weighted by molar-refractivity contribution is 5.80. The van der Waals surface area contributed by atoms with Crippen molar-refractivity contribution in [3.63, 3.8) is 0 Å². The average molecular weight is 316 g/mol. The predicted octanol–water partition coefficient (Wildman–Crippen LogP) is 2.00. The van der Waals surface area contributed by atoms with Crippen LogP contribution < -0.4 is 0 Å². The summed E-state index contributed by atoms with van der Waals surface area (Å²) in [5.74, 6) is 1.12. The number of furan rings is 1. The first kappa shape index (κ1) is 15.8. The summed E-state index contributed by atoms with van der Waals surface area (Å²) < 4.78 is 7.21. The smallest absolute Gasteiger partial charge is 0.247 e. The van der Waals surface area contributed by atoms with Crippen LogP contribution in [0.15, 0.2) is 28.9 Å². The highest BCUT2D eigenvalue weighted by Gasteiger charge is 2.27. The van der Waals surface area contributed by atoms with E-state index in [0.29, 0.717) is 0 Å². The molecule has 0 aliphatic carbocycles. The maximum absolute atomic E-state index is 12.7. The van der Waals surface area contributed by atoms with Crippen LogP contribution in [0, 0.1) is 13.8 Å². The number of amides is 1. The topological polar surface area (TPSA) is 54.5 Å². The molecule has 0 radical (unpaired) electrons. The van der Waals surface area contributed by atoms with E-state index in [2.05, 4.69) is 10.00 Å². The van der Waals surface area contributed by atoms with Crippen molar-refractivity contribution < 1.29 is 9.21 Å². The lowest BCUT2D eigenvalue weighted by Gasteiger charge is -2.35. The summed E-state index contributed by atoms with van der Waals surface area (Å²) in [5, 5.41) is 4.44. The first-order valence-electron chi connectivity index (χ1n) is 8.11. The van der Waals surface area contributed by atoms with Gasteiger partial charge in [0.25, 0.3) is 0 Å². The number of nitrogens with zero attached hydrogens (tertiary/aromatic N) is 4. The van der Waals surface area contributed by atoms with Gasteiger partial charge in [0, 0.05) is 31.9 Å². The number of piperazine rings is 1. The molecule has 2 aromatic heterocycles. The van der Waals surface area contributed by atoms with Crippen molar-refractivity contribution in [1.29, 1.82) is 0 Å². The Hall–Kier alpha value is -2.08. The summed E-state index contributed by atoms with van der Waals surface area (Å²) >= 11 is 0. The number of rotatable bonds is 4. The third kappa shape index (κ3) is 3.47. The largest absolute Gasteiger partial charge is 0.468 e. The molecule has 0 spiro atoms. The maximum atomic E-state index is 12.7. The Bertz CT molecular complexity index is 654. The zero-order chi connectivity index (χ0) is 16.4. The Morgan fingerprint density at radius 3 is 2.61 bits per heavy atom. The van der Waals surface area contributed by atoms with Crippen molar-refractivity contribution in [2.45, 2.75) is 33.4 Å². The Labute approximate surface area is 136 Å². The minimum atomic E-state index is -0.250. The minimum absolute atomic E-state index is 0.147. The van der Waals surface area contributed by atoms with Crippen LogP contribution in [0.25, 0.3) is 0 Å². The van der Waals surface area contributed by atoms with Gasteiger partial charge in [-0.2, -0.15) is 5.10 Å². The summed E-state index contributed by atoms with van der Waals surface area (Å²) in [6.07, 6.45) is 1.70. The normalized spacial score (nSPS) is 17.4. The van der Waals surface area contributed by atoms with Crippen LogP contribution in [0.1, 0.15) is 30.1 Å².